The molecule has 1 saturated carbocycles. The number of hydrogen-bond donors (Lipinski definition) is 0. The molecule has 1 nitrogen and oxygen atoms in total. The molecule has 0 aromatic rings. The van der Waals surface area contributed by atoms with Gasteiger partial charge in [-0.05, 0) is 25.2 Å². The maximum atomic E-state index is 2.66. The molecule has 0 radical (unpaired) electrons. The first-order valence-corrected chi connectivity index (χ1v) is 5.27. The monoisotopic (exact) mass is 165 g/mol. The molecule has 0 spiro atoms. The second-order valence-electron chi connectivity index (χ2n) is 4.23. The Hall–Kier alpha value is -0.300. The van der Waals surface area contributed by atoms with Crippen LogP contribution in [-0.4, -0.2) is 24.0 Å². The predicted molar refractivity (Wildman–Crippen MR) is 52.1 cm³/mol. The molecule has 0 amide bonds. The zero-order valence-electron chi connectivity index (χ0n) is 8.00. The molecule has 2 aliphatic rings. The van der Waals surface area contributed by atoms with Gasteiger partial charge in [-0.2, -0.15) is 0 Å². The van der Waals surface area contributed by atoms with Gasteiger partial charge >= 0.3 is 0 Å². The van der Waals surface area contributed by atoms with Crippen molar-refractivity contribution >= 4 is 0 Å². The van der Waals surface area contributed by atoms with Gasteiger partial charge in [0.15, 0.2) is 0 Å². The van der Waals surface area contributed by atoms with Gasteiger partial charge in [0.25, 0.3) is 0 Å². The van der Waals surface area contributed by atoms with Crippen molar-refractivity contribution in [3.63, 3.8) is 0 Å². The number of nitrogens with zero attached hydrogens (tertiary/aromatic N) is 1. The Morgan fingerprint density at radius 2 is 2.17 bits per heavy atom. The SMILES string of the molecule is CC1CCCC1N1CC=CCC1. The van der Waals surface area contributed by atoms with Gasteiger partial charge in [0.05, 0.1) is 0 Å². The van der Waals surface area contributed by atoms with Crippen LogP contribution in [0.3, 0.4) is 0 Å². The number of rotatable bonds is 1. The van der Waals surface area contributed by atoms with Crippen molar-refractivity contribution in [2.24, 2.45) is 5.92 Å². The Morgan fingerprint density at radius 1 is 1.25 bits per heavy atom. The van der Waals surface area contributed by atoms with E-state index < -0.39 is 0 Å². The molecule has 1 aliphatic heterocycles. The van der Waals surface area contributed by atoms with E-state index in [9.17, 15) is 0 Å². The molecule has 2 unspecified atom stereocenters. The van der Waals surface area contributed by atoms with Crippen molar-refractivity contribution < 1.29 is 0 Å². The summed E-state index contributed by atoms with van der Waals surface area (Å²) < 4.78 is 0. The molecule has 1 heterocycles. The van der Waals surface area contributed by atoms with E-state index in [2.05, 4.69) is 24.0 Å². The zero-order valence-corrected chi connectivity index (χ0v) is 8.00. The molecule has 1 aliphatic carbocycles. The highest BCUT2D eigenvalue weighted by molar-refractivity contribution is 4.95. The molecular weight excluding hydrogens is 146 g/mol. The summed E-state index contributed by atoms with van der Waals surface area (Å²) in [7, 11) is 0. The largest absolute Gasteiger partial charge is 0.296 e. The van der Waals surface area contributed by atoms with Crippen LogP contribution in [0.2, 0.25) is 0 Å². The fourth-order valence-electron chi connectivity index (χ4n) is 2.63. The summed E-state index contributed by atoms with van der Waals surface area (Å²) >= 11 is 0. The highest BCUT2D eigenvalue weighted by Crippen LogP contribution is 2.30. The predicted octanol–water partition coefficient (Wildman–Crippen LogP) is 2.44. The van der Waals surface area contributed by atoms with Crippen LogP contribution in [0.4, 0.5) is 0 Å². The van der Waals surface area contributed by atoms with Gasteiger partial charge in [0.1, 0.15) is 0 Å². The summed E-state index contributed by atoms with van der Waals surface area (Å²) in [6, 6.07) is 0.898. The second kappa shape index (κ2) is 3.61. The maximum absolute atomic E-state index is 2.66. The molecular formula is C11H19N. The normalized spacial score (nSPS) is 37.4. The topological polar surface area (TPSA) is 3.24 Å². The van der Waals surface area contributed by atoms with Crippen molar-refractivity contribution in [1.29, 1.82) is 0 Å². The third-order valence-corrected chi connectivity index (χ3v) is 3.37. The van der Waals surface area contributed by atoms with Gasteiger partial charge in [-0.15, -0.1) is 0 Å². The maximum Gasteiger partial charge on any atom is 0.0166 e. The lowest BCUT2D eigenvalue weighted by Gasteiger charge is -2.32. The molecule has 0 aromatic heterocycles. The van der Waals surface area contributed by atoms with Crippen LogP contribution in [0.15, 0.2) is 12.2 Å². The van der Waals surface area contributed by atoms with Gasteiger partial charge in [-0.1, -0.05) is 25.5 Å². The van der Waals surface area contributed by atoms with Crippen molar-refractivity contribution in [2.45, 2.75) is 38.6 Å². The first-order chi connectivity index (χ1) is 5.88. The Balaban J connectivity index is 1.94. The lowest BCUT2D eigenvalue weighted by Crippen LogP contribution is -2.39. The third-order valence-electron chi connectivity index (χ3n) is 3.37. The zero-order chi connectivity index (χ0) is 8.39. The van der Waals surface area contributed by atoms with Gasteiger partial charge < -0.3 is 0 Å². The highest BCUT2D eigenvalue weighted by atomic mass is 15.2. The van der Waals surface area contributed by atoms with E-state index in [1.54, 1.807) is 0 Å². The lowest BCUT2D eigenvalue weighted by atomic mass is 10.0. The van der Waals surface area contributed by atoms with E-state index in [4.69, 9.17) is 0 Å². The molecule has 0 saturated heterocycles. The van der Waals surface area contributed by atoms with E-state index in [0.717, 1.165) is 12.0 Å². The average molecular weight is 165 g/mol. The van der Waals surface area contributed by atoms with Gasteiger partial charge in [0, 0.05) is 19.1 Å². The van der Waals surface area contributed by atoms with Crippen LogP contribution in [0.1, 0.15) is 32.6 Å². The minimum Gasteiger partial charge on any atom is -0.296 e. The molecule has 0 aromatic carbocycles. The molecule has 1 fully saturated rings. The van der Waals surface area contributed by atoms with Gasteiger partial charge in [0.2, 0.25) is 0 Å². The summed E-state index contributed by atoms with van der Waals surface area (Å²) in [5, 5.41) is 0. The van der Waals surface area contributed by atoms with E-state index in [0.29, 0.717) is 0 Å². The summed E-state index contributed by atoms with van der Waals surface area (Å²) in [5.74, 6) is 0.941. The summed E-state index contributed by atoms with van der Waals surface area (Å²) in [6.45, 7) is 4.91. The van der Waals surface area contributed by atoms with Crippen LogP contribution in [0.5, 0.6) is 0 Å². The Bertz CT molecular complexity index is 174. The van der Waals surface area contributed by atoms with Gasteiger partial charge in [-0.25, -0.2) is 0 Å². The van der Waals surface area contributed by atoms with Crippen LogP contribution in [0.25, 0.3) is 0 Å². The first kappa shape index (κ1) is 8.31. The fraction of sp³-hybridized carbons (Fsp3) is 0.818. The van der Waals surface area contributed by atoms with Crippen molar-refractivity contribution in [2.75, 3.05) is 13.1 Å². The quantitative estimate of drug-likeness (QED) is 0.539. The first-order valence-electron chi connectivity index (χ1n) is 5.27. The van der Waals surface area contributed by atoms with E-state index >= 15 is 0 Å². The minimum atomic E-state index is 0.898. The highest BCUT2D eigenvalue weighted by Gasteiger charge is 2.28. The average Bonchev–Trinajstić information content (AvgIpc) is 2.53. The molecule has 12 heavy (non-hydrogen) atoms. The van der Waals surface area contributed by atoms with E-state index in [1.807, 2.05) is 0 Å². The standard InChI is InChI=1S/C11H19N/c1-10-6-5-7-11(10)12-8-3-2-4-9-12/h2-3,10-11H,4-9H2,1H3. The van der Waals surface area contributed by atoms with Crippen LogP contribution in [-0.2, 0) is 0 Å². The van der Waals surface area contributed by atoms with Crippen LogP contribution >= 0.6 is 0 Å². The van der Waals surface area contributed by atoms with Crippen molar-refractivity contribution in [3.05, 3.63) is 12.2 Å². The van der Waals surface area contributed by atoms with Crippen molar-refractivity contribution in [1.82, 2.24) is 4.90 Å². The second-order valence-corrected chi connectivity index (χ2v) is 4.23. The van der Waals surface area contributed by atoms with Crippen molar-refractivity contribution in [3.8, 4) is 0 Å². The Kier molecular flexibility index (Phi) is 2.50. The lowest BCUT2D eigenvalue weighted by molar-refractivity contribution is 0.181. The smallest absolute Gasteiger partial charge is 0.0166 e. The molecule has 68 valence electrons. The summed E-state index contributed by atoms with van der Waals surface area (Å²) in [4.78, 5) is 2.66. The van der Waals surface area contributed by atoms with Gasteiger partial charge in [-0.3, -0.25) is 4.90 Å². The molecule has 2 atom stereocenters. The third kappa shape index (κ3) is 1.56. The fourth-order valence-corrected chi connectivity index (χ4v) is 2.63. The van der Waals surface area contributed by atoms with Crippen LogP contribution < -0.4 is 0 Å². The molecule has 1 heteroatoms. The molecule has 0 N–H and O–H groups in total. The van der Waals surface area contributed by atoms with E-state index in [-0.39, 0.29) is 0 Å². The van der Waals surface area contributed by atoms with E-state index in [1.165, 1.54) is 38.8 Å². The Labute approximate surface area is 75.4 Å². The minimum absolute atomic E-state index is 0.898. The summed E-state index contributed by atoms with van der Waals surface area (Å²) in [6.07, 6.45) is 10.2. The number of hydrogen-bond acceptors (Lipinski definition) is 1. The molecule has 0 bridgehead atoms. The summed E-state index contributed by atoms with van der Waals surface area (Å²) in [5.41, 5.74) is 0. The van der Waals surface area contributed by atoms with Crippen LogP contribution in [0, 0.1) is 5.92 Å². The molecule has 2 rings (SSSR count). The Morgan fingerprint density at radius 3 is 2.75 bits per heavy atom.